The van der Waals surface area contributed by atoms with E-state index in [2.05, 4.69) is 33.9 Å². The van der Waals surface area contributed by atoms with Crippen LogP contribution in [0.1, 0.15) is 39.5 Å². The van der Waals surface area contributed by atoms with E-state index in [4.69, 9.17) is 0 Å². The molecule has 0 bridgehead atoms. The molecule has 0 aliphatic carbocycles. The van der Waals surface area contributed by atoms with Gasteiger partial charge in [-0.3, -0.25) is 0 Å². The van der Waals surface area contributed by atoms with Crippen molar-refractivity contribution in [3.8, 4) is 0 Å². The van der Waals surface area contributed by atoms with E-state index in [0.717, 1.165) is 0 Å². The van der Waals surface area contributed by atoms with E-state index in [-0.39, 0.29) is 0 Å². The second kappa shape index (κ2) is 16.0. The first kappa shape index (κ1) is 12.8. The summed E-state index contributed by atoms with van der Waals surface area (Å²) in [5, 5.41) is 0. The molecule has 0 heterocycles. The molecule has 0 aliphatic heterocycles. The number of hydrogen-bond donors (Lipinski definition) is 0. The Kier molecular flexibility index (Phi) is 22.7. The summed E-state index contributed by atoms with van der Waals surface area (Å²) in [6.45, 7) is 4.35. The first-order chi connectivity index (χ1) is 4.41. The maximum atomic E-state index is 3.06. The molecule has 0 aromatic heterocycles. The van der Waals surface area contributed by atoms with Gasteiger partial charge in [0.15, 0.2) is 0 Å². The van der Waals surface area contributed by atoms with Crippen LogP contribution in [0.4, 0.5) is 0 Å². The van der Waals surface area contributed by atoms with Crippen molar-refractivity contribution in [1.29, 1.82) is 0 Å². The zero-order valence-electron chi connectivity index (χ0n) is 6.49. The zero-order chi connectivity index (χ0) is 7.54. The number of unbranched alkanes of at least 4 members (excludes halogenated alkanes) is 4. The Morgan fingerprint density at radius 1 is 1.33 bits per heavy atom. The Hall–Kier alpha value is 1.10. The third-order valence-corrected chi connectivity index (χ3v) is 1.10. The zero-order valence-corrected chi connectivity index (χ0v) is 11.0. The molecular weight excluding hydrogens is 229 g/mol. The van der Waals surface area contributed by atoms with Crippen LogP contribution in [-0.2, 0) is 16.3 Å². The van der Waals surface area contributed by atoms with Crippen molar-refractivity contribution in [1.82, 2.24) is 0 Å². The summed E-state index contributed by atoms with van der Waals surface area (Å²) in [5.74, 6) is 0. The van der Waals surface area contributed by atoms with Crippen molar-refractivity contribution in [2.45, 2.75) is 39.5 Å². The van der Waals surface area contributed by atoms with E-state index in [1.54, 1.807) is 0 Å². The molecule has 9 heavy (non-hydrogen) atoms. The van der Waals surface area contributed by atoms with E-state index in [1.807, 2.05) is 0 Å². The topological polar surface area (TPSA) is 0 Å². The van der Waals surface area contributed by atoms with Gasteiger partial charge in [-0.2, -0.15) is 13.3 Å². The van der Waals surface area contributed by atoms with Crippen molar-refractivity contribution in [2.24, 2.45) is 0 Å². The molecule has 0 fully saturated rings. The van der Waals surface area contributed by atoms with E-state index in [9.17, 15) is 0 Å². The summed E-state index contributed by atoms with van der Waals surface area (Å²) in [4.78, 5) is 0. The van der Waals surface area contributed by atoms with E-state index in [1.165, 1.54) is 42.0 Å². The molecule has 2 heteroatoms. The molecule has 0 unspecified atom stereocenters. The summed E-state index contributed by atoms with van der Waals surface area (Å²) >= 11 is 4.25. The second-order valence-corrected chi connectivity index (χ2v) is 1.90. The van der Waals surface area contributed by atoms with Gasteiger partial charge in [-0.25, -0.2) is 0 Å². The fourth-order valence-electron chi connectivity index (χ4n) is 0.598. The van der Waals surface area contributed by atoms with Gasteiger partial charge in [-0.1, -0.05) is 26.2 Å². The van der Waals surface area contributed by atoms with Crippen LogP contribution in [-0.4, -0.2) is 0 Å². The minimum absolute atomic E-state index is 1.19. The average Bonchev–Trinajstić information content (AvgIpc) is 1.94. The van der Waals surface area contributed by atoms with E-state index >= 15 is 0 Å². The van der Waals surface area contributed by atoms with Crippen LogP contribution >= 0.6 is 13.6 Å². The third-order valence-electron chi connectivity index (χ3n) is 1.10. The van der Waals surface area contributed by atoms with Crippen molar-refractivity contribution in [3.63, 3.8) is 0 Å². The van der Waals surface area contributed by atoms with Gasteiger partial charge in [0.05, 0.1) is 0 Å². The monoisotopic (exact) mass is 242 g/mol. The van der Waals surface area contributed by atoms with Gasteiger partial charge in [-0.05, 0) is 0 Å². The predicted octanol–water partition coefficient (Wildman–Crippen LogP) is 3.63. The quantitative estimate of drug-likeness (QED) is 0.402. The maximum absolute atomic E-state index is 3.06. The van der Waals surface area contributed by atoms with Crippen LogP contribution < -0.4 is 0 Å². The van der Waals surface area contributed by atoms with Crippen LogP contribution in [0, 0.1) is 6.42 Å². The summed E-state index contributed by atoms with van der Waals surface area (Å²) in [6.07, 6.45) is 7.65. The molecule has 0 nitrogen and oxygen atoms in total. The minimum atomic E-state index is 1.19. The Morgan fingerprint density at radius 2 is 1.89 bits per heavy atom. The summed E-state index contributed by atoms with van der Waals surface area (Å²) in [7, 11) is 0. The van der Waals surface area contributed by atoms with Gasteiger partial charge < -0.3 is 6.42 Å². The van der Waals surface area contributed by atoms with Crippen LogP contribution in [0.5, 0.6) is 0 Å². The Bertz CT molecular complexity index is 28.1. The van der Waals surface area contributed by atoms with Crippen molar-refractivity contribution >= 4 is 13.6 Å². The SMILES string of the molecule is C[CH-]CCCCC.[Zn+][Br]. The molecule has 0 amide bonds. The van der Waals surface area contributed by atoms with Crippen LogP contribution in [0.3, 0.4) is 0 Å². The van der Waals surface area contributed by atoms with Crippen molar-refractivity contribution < 1.29 is 16.3 Å². The molecule has 0 N–H and O–H groups in total. The molecule has 0 spiro atoms. The normalized spacial score (nSPS) is 8.11. The van der Waals surface area contributed by atoms with E-state index < -0.39 is 0 Å². The van der Waals surface area contributed by atoms with Gasteiger partial charge in [0.1, 0.15) is 0 Å². The summed E-state index contributed by atoms with van der Waals surface area (Å²) in [5.41, 5.74) is 0. The third kappa shape index (κ3) is 17.6. The molecule has 0 radical (unpaired) electrons. The molecule has 0 rings (SSSR count). The molecule has 52 valence electrons. The Labute approximate surface area is 75.8 Å². The Morgan fingerprint density at radius 3 is 2.22 bits per heavy atom. The molecule has 0 saturated carbocycles. The van der Waals surface area contributed by atoms with Gasteiger partial charge in [0.2, 0.25) is 0 Å². The molecule has 0 aromatic carbocycles. The van der Waals surface area contributed by atoms with Crippen LogP contribution in [0.2, 0.25) is 0 Å². The molecule has 0 aromatic rings. The standard InChI is InChI=1S/C7H15.BrH.Zn/c1-3-5-7-6-4-2;;/h3H,4-7H2,1-2H3;1H;/q-1;;+2/p-1. The van der Waals surface area contributed by atoms with Gasteiger partial charge >= 0.3 is 30.0 Å². The number of hydrogen-bond acceptors (Lipinski definition) is 0. The summed E-state index contributed by atoms with van der Waals surface area (Å²) < 4.78 is 0. The molecule has 0 atom stereocenters. The van der Waals surface area contributed by atoms with Gasteiger partial charge in [-0.15, -0.1) is 0 Å². The van der Waals surface area contributed by atoms with E-state index in [0.29, 0.717) is 0 Å². The van der Waals surface area contributed by atoms with Crippen LogP contribution in [0.15, 0.2) is 0 Å². The second-order valence-electron chi connectivity index (χ2n) is 1.90. The van der Waals surface area contributed by atoms with Crippen LogP contribution in [0.25, 0.3) is 0 Å². The van der Waals surface area contributed by atoms with Crippen molar-refractivity contribution in [2.75, 3.05) is 0 Å². The molecule has 0 saturated heterocycles. The first-order valence-electron chi connectivity index (χ1n) is 3.46. The average molecular weight is 244 g/mol. The molecular formula is C7H15BrZn. The number of rotatable bonds is 4. The van der Waals surface area contributed by atoms with Gasteiger partial charge in [0, 0.05) is 0 Å². The predicted molar refractivity (Wildman–Crippen MR) is 43.0 cm³/mol. The fraction of sp³-hybridized carbons (Fsp3) is 0.857. The first-order valence-corrected chi connectivity index (χ1v) is 10.4. The number of halogens is 1. The fourth-order valence-corrected chi connectivity index (χ4v) is 0.598. The Balaban J connectivity index is 0. The summed E-state index contributed by atoms with van der Waals surface area (Å²) in [6, 6.07) is 0. The molecule has 0 aliphatic rings. The van der Waals surface area contributed by atoms with Crippen molar-refractivity contribution in [3.05, 3.63) is 6.42 Å². The van der Waals surface area contributed by atoms with Gasteiger partial charge in [0.25, 0.3) is 0 Å².